The number of hydrogen-bond donors (Lipinski definition) is 0. The Morgan fingerprint density at radius 1 is 1.16 bits per heavy atom. The number of esters is 1. The fourth-order valence-corrected chi connectivity index (χ4v) is 4.74. The molecule has 1 aliphatic carbocycles. The number of carbonyl (C=O) groups excluding carboxylic acids is 1. The quantitative estimate of drug-likeness (QED) is 0.762. The zero-order valence-corrected chi connectivity index (χ0v) is 12.1. The third kappa shape index (κ3) is 2.40. The van der Waals surface area contributed by atoms with E-state index in [9.17, 15) is 4.79 Å². The Balaban J connectivity index is 1.85. The van der Waals surface area contributed by atoms with Gasteiger partial charge in [-0.25, -0.2) is 0 Å². The zero-order valence-electron chi connectivity index (χ0n) is 11.3. The van der Waals surface area contributed by atoms with Crippen LogP contribution in [0.15, 0.2) is 35.2 Å². The molecule has 0 N–H and O–H groups in total. The van der Waals surface area contributed by atoms with Crippen molar-refractivity contribution in [3.8, 4) is 0 Å². The lowest BCUT2D eigenvalue weighted by Gasteiger charge is -2.37. The van der Waals surface area contributed by atoms with E-state index in [-0.39, 0.29) is 22.7 Å². The van der Waals surface area contributed by atoms with Gasteiger partial charge in [-0.2, -0.15) is 0 Å². The molecule has 1 aliphatic heterocycles. The number of rotatable bonds is 2. The van der Waals surface area contributed by atoms with Gasteiger partial charge in [0.15, 0.2) is 0 Å². The van der Waals surface area contributed by atoms with E-state index >= 15 is 0 Å². The molecule has 2 atom stereocenters. The second-order valence-electron chi connectivity index (χ2n) is 5.69. The van der Waals surface area contributed by atoms with E-state index in [4.69, 9.17) is 4.74 Å². The maximum Gasteiger partial charge on any atom is 0.310 e. The van der Waals surface area contributed by atoms with Crippen molar-refractivity contribution in [2.45, 2.75) is 54.8 Å². The molecular weight excluding hydrogens is 256 g/mol. The van der Waals surface area contributed by atoms with Crippen molar-refractivity contribution in [1.29, 1.82) is 0 Å². The first-order chi connectivity index (χ1) is 9.21. The van der Waals surface area contributed by atoms with Gasteiger partial charge in [-0.15, -0.1) is 11.8 Å². The van der Waals surface area contributed by atoms with Gasteiger partial charge < -0.3 is 4.74 Å². The summed E-state index contributed by atoms with van der Waals surface area (Å²) in [5.74, 6) is -0.00126. The van der Waals surface area contributed by atoms with Crippen LogP contribution in [-0.4, -0.2) is 16.8 Å². The van der Waals surface area contributed by atoms with E-state index in [2.05, 4.69) is 24.3 Å². The third-order valence-electron chi connectivity index (χ3n) is 4.35. The minimum absolute atomic E-state index is 0.00306. The summed E-state index contributed by atoms with van der Waals surface area (Å²) in [6.45, 7) is 2.02. The summed E-state index contributed by atoms with van der Waals surface area (Å²) in [7, 11) is 0. The van der Waals surface area contributed by atoms with Crippen LogP contribution in [0, 0.1) is 5.92 Å². The summed E-state index contributed by atoms with van der Waals surface area (Å²) >= 11 is 1.82. The van der Waals surface area contributed by atoms with Crippen molar-refractivity contribution in [2.75, 3.05) is 0 Å². The topological polar surface area (TPSA) is 26.3 Å². The molecule has 3 heteroatoms. The zero-order chi connectivity index (χ0) is 13.3. The molecule has 1 spiro atoms. The molecule has 0 aromatic heterocycles. The van der Waals surface area contributed by atoms with Gasteiger partial charge >= 0.3 is 5.97 Å². The van der Waals surface area contributed by atoms with Crippen molar-refractivity contribution < 1.29 is 9.53 Å². The smallest absolute Gasteiger partial charge is 0.310 e. The van der Waals surface area contributed by atoms with E-state index < -0.39 is 0 Å². The molecule has 0 bridgehead atoms. The summed E-state index contributed by atoms with van der Waals surface area (Å²) in [6.07, 6.45) is 5.72. The number of ether oxygens (including phenoxy) is 1. The Morgan fingerprint density at radius 2 is 1.84 bits per heavy atom. The first-order valence-electron chi connectivity index (χ1n) is 7.16. The van der Waals surface area contributed by atoms with Gasteiger partial charge in [0.2, 0.25) is 0 Å². The summed E-state index contributed by atoms with van der Waals surface area (Å²) in [6, 6.07) is 10.4. The van der Waals surface area contributed by atoms with Crippen LogP contribution in [0.1, 0.15) is 39.0 Å². The van der Waals surface area contributed by atoms with Gasteiger partial charge in [0.1, 0.15) is 5.60 Å². The maximum absolute atomic E-state index is 12.0. The molecule has 1 saturated carbocycles. The van der Waals surface area contributed by atoms with E-state index in [1.165, 1.54) is 24.2 Å². The molecule has 19 heavy (non-hydrogen) atoms. The number of carbonyl (C=O) groups is 1. The van der Waals surface area contributed by atoms with E-state index in [0.717, 1.165) is 12.8 Å². The maximum atomic E-state index is 12.0. The monoisotopic (exact) mass is 276 g/mol. The van der Waals surface area contributed by atoms with Gasteiger partial charge in [0.05, 0.1) is 11.2 Å². The standard InChI is InChI=1S/C16H20O2S/c1-12-14(19-13-8-4-2-5-9-13)16(18-15(12)17)10-6-3-7-11-16/h2,4-5,8-9,12,14H,3,6-7,10-11H2,1H3/t12-,14+/m0/s1. The normalized spacial score (nSPS) is 29.4. The van der Waals surface area contributed by atoms with Gasteiger partial charge in [0, 0.05) is 4.90 Å². The van der Waals surface area contributed by atoms with Crippen LogP contribution in [0.3, 0.4) is 0 Å². The average molecular weight is 276 g/mol. The molecule has 102 valence electrons. The average Bonchev–Trinajstić information content (AvgIpc) is 2.66. The van der Waals surface area contributed by atoms with Crippen LogP contribution < -0.4 is 0 Å². The lowest BCUT2D eigenvalue weighted by Crippen LogP contribution is -2.40. The highest BCUT2D eigenvalue weighted by Gasteiger charge is 2.54. The molecular formula is C16H20O2S. The van der Waals surface area contributed by atoms with E-state index in [1.54, 1.807) is 0 Å². The SMILES string of the molecule is C[C@@H]1C(=O)OC2(CCCCC2)[C@@H]1Sc1ccccc1. The largest absolute Gasteiger partial charge is 0.458 e. The molecule has 0 unspecified atom stereocenters. The number of benzene rings is 1. The molecule has 1 aromatic rings. The molecule has 2 aliphatic rings. The van der Waals surface area contributed by atoms with Crippen molar-refractivity contribution in [3.63, 3.8) is 0 Å². The molecule has 2 nitrogen and oxygen atoms in total. The van der Waals surface area contributed by atoms with Gasteiger partial charge in [-0.3, -0.25) is 4.79 Å². The molecule has 1 heterocycles. The highest BCUT2D eigenvalue weighted by atomic mass is 32.2. The van der Waals surface area contributed by atoms with E-state index in [1.807, 2.05) is 24.8 Å². The lowest BCUT2D eigenvalue weighted by molar-refractivity contribution is -0.152. The first-order valence-corrected chi connectivity index (χ1v) is 8.04. The van der Waals surface area contributed by atoms with Gasteiger partial charge in [-0.05, 0) is 37.8 Å². The van der Waals surface area contributed by atoms with Crippen molar-refractivity contribution in [2.24, 2.45) is 5.92 Å². The molecule has 0 radical (unpaired) electrons. The van der Waals surface area contributed by atoms with Crippen molar-refractivity contribution in [1.82, 2.24) is 0 Å². The Hall–Kier alpha value is -0.960. The summed E-state index contributed by atoms with van der Waals surface area (Å²) < 4.78 is 5.83. The second kappa shape index (κ2) is 5.20. The highest BCUT2D eigenvalue weighted by molar-refractivity contribution is 8.00. The van der Waals surface area contributed by atoms with Crippen molar-refractivity contribution >= 4 is 17.7 Å². The highest BCUT2D eigenvalue weighted by Crippen LogP contribution is 2.49. The Kier molecular flexibility index (Phi) is 3.57. The van der Waals surface area contributed by atoms with Crippen LogP contribution in [0.2, 0.25) is 0 Å². The minimum atomic E-state index is -0.199. The second-order valence-corrected chi connectivity index (χ2v) is 6.90. The Bertz CT molecular complexity index is 451. The summed E-state index contributed by atoms with van der Waals surface area (Å²) in [4.78, 5) is 13.3. The minimum Gasteiger partial charge on any atom is -0.458 e. The lowest BCUT2D eigenvalue weighted by atomic mass is 9.80. The molecule has 1 aromatic carbocycles. The van der Waals surface area contributed by atoms with Gasteiger partial charge in [0.25, 0.3) is 0 Å². The molecule has 0 amide bonds. The van der Waals surface area contributed by atoms with Crippen LogP contribution >= 0.6 is 11.8 Å². The fraction of sp³-hybridized carbons (Fsp3) is 0.562. The summed E-state index contributed by atoms with van der Waals surface area (Å²) in [5, 5.41) is 0.266. The Labute approximate surface area is 118 Å². The predicted octanol–water partition coefficient (Wildman–Crippen LogP) is 4.04. The number of hydrogen-bond acceptors (Lipinski definition) is 3. The number of thioether (sulfide) groups is 1. The van der Waals surface area contributed by atoms with Crippen LogP contribution in [0.25, 0.3) is 0 Å². The van der Waals surface area contributed by atoms with Crippen LogP contribution in [0.5, 0.6) is 0 Å². The molecule has 3 rings (SSSR count). The van der Waals surface area contributed by atoms with Crippen LogP contribution in [0.4, 0.5) is 0 Å². The van der Waals surface area contributed by atoms with Crippen LogP contribution in [-0.2, 0) is 9.53 Å². The molecule has 1 saturated heterocycles. The third-order valence-corrected chi connectivity index (χ3v) is 5.99. The van der Waals surface area contributed by atoms with Crippen molar-refractivity contribution in [3.05, 3.63) is 30.3 Å². The molecule has 2 fully saturated rings. The van der Waals surface area contributed by atoms with E-state index in [0.29, 0.717) is 0 Å². The summed E-state index contributed by atoms with van der Waals surface area (Å²) in [5.41, 5.74) is -0.199. The Morgan fingerprint density at radius 3 is 2.53 bits per heavy atom. The fourth-order valence-electron chi connectivity index (χ4n) is 3.32. The van der Waals surface area contributed by atoms with Gasteiger partial charge in [-0.1, -0.05) is 31.5 Å². The first kappa shape index (κ1) is 13.0. The predicted molar refractivity (Wildman–Crippen MR) is 77.2 cm³/mol.